The highest BCUT2D eigenvalue weighted by Crippen LogP contribution is 2.39. The number of ether oxygens (including phenoxy) is 1. The maximum Gasteiger partial charge on any atom is 0.152 e. The van der Waals surface area contributed by atoms with Gasteiger partial charge in [-0.1, -0.05) is 18.3 Å². The predicted octanol–water partition coefficient (Wildman–Crippen LogP) is 2.16. The molecule has 1 aromatic carbocycles. The summed E-state index contributed by atoms with van der Waals surface area (Å²) in [5.41, 5.74) is 6.99. The number of para-hydroxylation sites is 1. The molecule has 0 radical (unpaired) electrons. The van der Waals surface area contributed by atoms with Gasteiger partial charge in [0.25, 0.3) is 0 Å². The van der Waals surface area contributed by atoms with Crippen LogP contribution in [-0.2, 0) is 0 Å². The molecule has 1 aliphatic heterocycles. The van der Waals surface area contributed by atoms with Crippen LogP contribution < -0.4 is 10.5 Å². The summed E-state index contributed by atoms with van der Waals surface area (Å²) in [5, 5.41) is 0. The smallest absolute Gasteiger partial charge is 0.152 e. The van der Waals surface area contributed by atoms with E-state index < -0.39 is 5.60 Å². The van der Waals surface area contributed by atoms with Crippen LogP contribution >= 0.6 is 12.2 Å². The third-order valence-corrected chi connectivity index (χ3v) is 2.91. The first-order valence-corrected chi connectivity index (χ1v) is 4.55. The van der Waals surface area contributed by atoms with Crippen molar-refractivity contribution in [1.82, 2.24) is 0 Å². The standard InChI is InChI=1S/C10H11NOS/c1-10(2)9(13)6-4-3-5-7(11)8(6)12-10/h3-5H,11H2,1-2H3. The summed E-state index contributed by atoms with van der Waals surface area (Å²) in [6.45, 7) is 3.91. The highest BCUT2D eigenvalue weighted by molar-refractivity contribution is 7.81. The van der Waals surface area contributed by atoms with Gasteiger partial charge >= 0.3 is 0 Å². The molecular formula is C10H11NOS. The molecule has 1 heterocycles. The summed E-state index contributed by atoms with van der Waals surface area (Å²) < 4.78 is 5.67. The van der Waals surface area contributed by atoms with Crippen LogP contribution in [0, 0.1) is 0 Å². The maximum atomic E-state index is 5.77. The highest BCUT2D eigenvalue weighted by Gasteiger charge is 2.36. The molecule has 13 heavy (non-hydrogen) atoms. The fourth-order valence-electron chi connectivity index (χ4n) is 1.47. The first kappa shape index (κ1) is 8.51. The minimum atomic E-state index is -0.396. The Bertz CT molecular complexity index is 385. The lowest BCUT2D eigenvalue weighted by Gasteiger charge is -2.17. The van der Waals surface area contributed by atoms with Crippen molar-refractivity contribution in [3.05, 3.63) is 23.8 Å². The molecule has 0 spiro atoms. The minimum Gasteiger partial charge on any atom is -0.479 e. The average molecular weight is 193 g/mol. The van der Waals surface area contributed by atoms with E-state index >= 15 is 0 Å². The van der Waals surface area contributed by atoms with Crippen LogP contribution in [0.15, 0.2) is 18.2 Å². The van der Waals surface area contributed by atoms with E-state index in [0.29, 0.717) is 5.69 Å². The molecule has 2 nitrogen and oxygen atoms in total. The Hall–Kier alpha value is -1.09. The topological polar surface area (TPSA) is 35.2 Å². The molecule has 3 heteroatoms. The van der Waals surface area contributed by atoms with E-state index in [2.05, 4.69) is 0 Å². The molecule has 0 aromatic heterocycles. The predicted molar refractivity (Wildman–Crippen MR) is 57.3 cm³/mol. The zero-order valence-corrected chi connectivity index (χ0v) is 8.44. The summed E-state index contributed by atoms with van der Waals surface area (Å²) >= 11 is 5.29. The Kier molecular flexibility index (Phi) is 1.60. The molecule has 2 N–H and O–H groups in total. The first-order valence-electron chi connectivity index (χ1n) is 4.15. The van der Waals surface area contributed by atoms with Gasteiger partial charge in [-0.05, 0) is 26.0 Å². The second kappa shape index (κ2) is 2.45. The van der Waals surface area contributed by atoms with Gasteiger partial charge in [0.05, 0.1) is 10.6 Å². The van der Waals surface area contributed by atoms with Crippen molar-refractivity contribution in [2.24, 2.45) is 0 Å². The monoisotopic (exact) mass is 193 g/mol. The summed E-state index contributed by atoms with van der Waals surface area (Å²) in [6.07, 6.45) is 0. The van der Waals surface area contributed by atoms with E-state index in [1.165, 1.54) is 0 Å². The van der Waals surface area contributed by atoms with Crippen LogP contribution in [0.4, 0.5) is 5.69 Å². The van der Waals surface area contributed by atoms with Crippen molar-refractivity contribution >= 4 is 22.8 Å². The Morgan fingerprint density at radius 1 is 1.38 bits per heavy atom. The molecule has 0 amide bonds. The Labute approximate surface area is 82.7 Å². The van der Waals surface area contributed by atoms with Gasteiger partial charge in [-0.3, -0.25) is 0 Å². The summed E-state index contributed by atoms with van der Waals surface area (Å²) in [7, 11) is 0. The van der Waals surface area contributed by atoms with Gasteiger partial charge in [-0.15, -0.1) is 0 Å². The second-order valence-corrected chi connectivity index (χ2v) is 4.07. The Morgan fingerprint density at radius 3 is 2.69 bits per heavy atom. The number of nitrogen functional groups attached to an aromatic ring is 1. The highest BCUT2D eigenvalue weighted by atomic mass is 32.1. The lowest BCUT2D eigenvalue weighted by Crippen LogP contribution is -2.31. The number of nitrogens with two attached hydrogens (primary N) is 1. The van der Waals surface area contributed by atoms with E-state index in [-0.39, 0.29) is 0 Å². The second-order valence-electron chi connectivity index (χ2n) is 3.67. The van der Waals surface area contributed by atoms with E-state index in [1.54, 1.807) is 0 Å². The SMILES string of the molecule is CC1(C)Oc2c(N)cccc2C1=S. The molecule has 0 saturated heterocycles. The lowest BCUT2D eigenvalue weighted by molar-refractivity contribution is 0.201. The summed E-state index contributed by atoms with van der Waals surface area (Å²) in [5.74, 6) is 0.734. The molecule has 0 aliphatic carbocycles. The molecular weight excluding hydrogens is 182 g/mol. The van der Waals surface area contributed by atoms with Crippen molar-refractivity contribution in [2.45, 2.75) is 19.4 Å². The molecule has 0 unspecified atom stereocenters. The zero-order chi connectivity index (χ0) is 9.64. The zero-order valence-electron chi connectivity index (χ0n) is 7.63. The van der Waals surface area contributed by atoms with Crippen molar-refractivity contribution in [3.63, 3.8) is 0 Å². The van der Waals surface area contributed by atoms with Gasteiger partial charge in [0.1, 0.15) is 5.60 Å². The molecule has 2 rings (SSSR count). The van der Waals surface area contributed by atoms with Gasteiger partial charge in [-0.25, -0.2) is 0 Å². The third-order valence-electron chi connectivity index (χ3n) is 2.19. The Balaban J connectivity index is 2.63. The fourth-order valence-corrected chi connectivity index (χ4v) is 1.68. The molecule has 0 bridgehead atoms. The number of fused-ring (bicyclic) bond motifs is 1. The summed E-state index contributed by atoms with van der Waals surface area (Å²) in [4.78, 5) is 0.829. The van der Waals surface area contributed by atoms with Crippen LogP contribution in [-0.4, -0.2) is 10.5 Å². The number of hydrogen-bond acceptors (Lipinski definition) is 3. The van der Waals surface area contributed by atoms with Gasteiger partial charge < -0.3 is 10.5 Å². The number of benzene rings is 1. The molecule has 0 atom stereocenters. The van der Waals surface area contributed by atoms with Crippen molar-refractivity contribution < 1.29 is 4.74 Å². The molecule has 68 valence electrons. The van der Waals surface area contributed by atoms with E-state index in [4.69, 9.17) is 22.7 Å². The van der Waals surface area contributed by atoms with Gasteiger partial charge in [0.2, 0.25) is 0 Å². The van der Waals surface area contributed by atoms with Gasteiger partial charge in [0.15, 0.2) is 5.75 Å². The van der Waals surface area contributed by atoms with Crippen LogP contribution in [0.3, 0.4) is 0 Å². The number of anilines is 1. The first-order chi connectivity index (χ1) is 6.02. The van der Waals surface area contributed by atoms with E-state index in [0.717, 1.165) is 16.2 Å². The fraction of sp³-hybridized carbons (Fsp3) is 0.300. The third kappa shape index (κ3) is 1.11. The maximum absolute atomic E-state index is 5.77. The van der Waals surface area contributed by atoms with Crippen LogP contribution in [0.1, 0.15) is 19.4 Å². The normalized spacial score (nSPS) is 18.2. The quantitative estimate of drug-likeness (QED) is 0.506. The van der Waals surface area contributed by atoms with Gasteiger partial charge in [0, 0.05) is 5.56 Å². The number of thiocarbonyl (C=S) groups is 1. The lowest BCUT2D eigenvalue weighted by atomic mass is 10.0. The van der Waals surface area contributed by atoms with Gasteiger partial charge in [-0.2, -0.15) is 0 Å². The largest absolute Gasteiger partial charge is 0.479 e. The molecule has 1 aliphatic rings. The molecule has 0 saturated carbocycles. The van der Waals surface area contributed by atoms with E-state index in [1.807, 2.05) is 32.0 Å². The number of rotatable bonds is 0. The molecule has 1 aromatic rings. The summed E-state index contributed by atoms with van der Waals surface area (Å²) in [6, 6.07) is 5.66. The van der Waals surface area contributed by atoms with E-state index in [9.17, 15) is 0 Å². The average Bonchev–Trinajstić information content (AvgIpc) is 2.28. The van der Waals surface area contributed by atoms with Crippen LogP contribution in [0.2, 0.25) is 0 Å². The van der Waals surface area contributed by atoms with Crippen molar-refractivity contribution in [2.75, 3.05) is 5.73 Å². The molecule has 0 fully saturated rings. The minimum absolute atomic E-state index is 0.396. The number of hydrogen-bond donors (Lipinski definition) is 1. The van der Waals surface area contributed by atoms with Crippen molar-refractivity contribution in [3.8, 4) is 5.75 Å². The van der Waals surface area contributed by atoms with Crippen LogP contribution in [0.5, 0.6) is 5.75 Å². The Morgan fingerprint density at radius 2 is 2.08 bits per heavy atom. The van der Waals surface area contributed by atoms with Crippen LogP contribution in [0.25, 0.3) is 0 Å². The van der Waals surface area contributed by atoms with Crippen molar-refractivity contribution in [1.29, 1.82) is 0 Å².